The molecule has 5 atom stereocenters. The van der Waals surface area contributed by atoms with Crippen LogP contribution in [0.3, 0.4) is 0 Å². The summed E-state index contributed by atoms with van der Waals surface area (Å²) in [6.07, 6.45) is -8.19. The van der Waals surface area contributed by atoms with Gasteiger partial charge in [-0.2, -0.15) is 5.10 Å². The van der Waals surface area contributed by atoms with Gasteiger partial charge in [0, 0.05) is 0 Å². The first-order valence-electron chi connectivity index (χ1n) is 4.39. The molecule has 0 amide bonds. The lowest BCUT2D eigenvalue weighted by molar-refractivity contribution is -0.130. The van der Waals surface area contributed by atoms with Crippen molar-refractivity contribution in [2.24, 2.45) is 10.8 Å². The highest BCUT2D eigenvalue weighted by Crippen LogP contribution is 2.18. The first-order valence-corrected chi connectivity index (χ1v) is 4.80. The molecule has 1 rings (SSSR count). The van der Waals surface area contributed by atoms with E-state index in [0.717, 1.165) is 0 Å². The number of aliphatic hydroxyl groups excluding tert-OH is 5. The maximum absolute atomic E-state index is 9.47. The van der Waals surface area contributed by atoms with Crippen molar-refractivity contribution in [1.29, 1.82) is 0 Å². The molecule has 1 aliphatic carbocycles. The lowest BCUT2D eigenvalue weighted by Gasteiger charge is -2.36. The predicted molar refractivity (Wildman–Crippen MR) is 57.4 cm³/mol. The molecular weight excluding hydrogens is 238 g/mol. The second-order valence-corrected chi connectivity index (χ2v) is 3.81. The van der Waals surface area contributed by atoms with Crippen molar-refractivity contribution in [2.75, 3.05) is 0 Å². The largest absolute Gasteiger partial charge is 0.387 e. The zero-order chi connectivity index (χ0) is 12.5. The third-order valence-electron chi connectivity index (χ3n) is 2.25. The van der Waals surface area contributed by atoms with Gasteiger partial charge < -0.3 is 31.3 Å². The Morgan fingerprint density at radius 2 is 1.50 bits per heavy atom. The lowest BCUT2D eigenvalue weighted by atomic mass is 9.86. The van der Waals surface area contributed by atoms with E-state index in [4.69, 9.17) is 5.73 Å². The monoisotopic (exact) mass is 251 g/mol. The van der Waals surface area contributed by atoms with E-state index in [-0.39, 0.29) is 10.8 Å². The third-order valence-corrected chi connectivity index (χ3v) is 2.34. The number of nitrogens with two attached hydrogens (primary N) is 1. The zero-order valence-electron chi connectivity index (χ0n) is 8.06. The Kier molecular flexibility index (Phi) is 4.13. The van der Waals surface area contributed by atoms with Crippen molar-refractivity contribution in [3.05, 3.63) is 0 Å². The fourth-order valence-corrected chi connectivity index (χ4v) is 1.40. The zero-order valence-corrected chi connectivity index (χ0v) is 8.87. The van der Waals surface area contributed by atoms with Gasteiger partial charge in [0.1, 0.15) is 36.2 Å². The molecule has 0 spiro atoms. The summed E-state index contributed by atoms with van der Waals surface area (Å²) in [6.45, 7) is 0. The number of nitrogens with one attached hydrogen (secondary N) is 1. The Bertz CT molecular complexity index is 294. The van der Waals surface area contributed by atoms with Crippen molar-refractivity contribution in [2.45, 2.75) is 30.5 Å². The van der Waals surface area contributed by atoms with Gasteiger partial charge in [-0.25, -0.2) is 0 Å². The first-order chi connectivity index (χ1) is 7.36. The van der Waals surface area contributed by atoms with Crippen LogP contribution < -0.4 is 11.2 Å². The van der Waals surface area contributed by atoms with Crippen molar-refractivity contribution in [3.63, 3.8) is 0 Å². The average Bonchev–Trinajstić information content (AvgIpc) is 2.23. The van der Waals surface area contributed by atoms with Gasteiger partial charge >= 0.3 is 0 Å². The van der Waals surface area contributed by atoms with Crippen LogP contribution in [0.2, 0.25) is 0 Å². The molecule has 0 bridgehead atoms. The molecule has 0 aromatic carbocycles. The molecule has 0 radical (unpaired) electrons. The van der Waals surface area contributed by atoms with E-state index in [1.807, 2.05) is 0 Å². The highest BCUT2D eigenvalue weighted by molar-refractivity contribution is 7.80. The summed E-state index contributed by atoms with van der Waals surface area (Å²) in [5.41, 5.74) is 6.83. The van der Waals surface area contributed by atoms with Crippen molar-refractivity contribution in [3.8, 4) is 0 Å². The Morgan fingerprint density at radius 3 is 1.88 bits per heavy atom. The number of hydrogen-bond donors (Lipinski definition) is 7. The van der Waals surface area contributed by atoms with Gasteiger partial charge in [-0.1, -0.05) is 0 Å². The number of aliphatic hydroxyl groups is 5. The van der Waals surface area contributed by atoms with Crippen LogP contribution in [0.5, 0.6) is 0 Å². The summed E-state index contributed by atoms with van der Waals surface area (Å²) in [6, 6.07) is 0. The summed E-state index contributed by atoms with van der Waals surface area (Å²) in [5, 5.41) is 50.1. The van der Waals surface area contributed by atoms with Crippen LogP contribution >= 0.6 is 12.2 Å². The number of rotatable bonds is 1. The Balaban J connectivity index is 2.90. The van der Waals surface area contributed by atoms with Crippen LogP contribution in [-0.4, -0.2) is 66.9 Å². The summed E-state index contributed by atoms with van der Waals surface area (Å²) < 4.78 is 0. The highest BCUT2D eigenvalue weighted by Gasteiger charge is 2.46. The van der Waals surface area contributed by atoms with Crippen molar-refractivity contribution >= 4 is 23.0 Å². The summed E-state index contributed by atoms with van der Waals surface area (Å²) in [4.78, 5) is 0. The molecule has 16 heavy (non-hydrogen) atoms. The van der Waals surface area contributed by atoms with E-state index in [1.54, 1.807) is 0 Å². The van der Waals surface area contributed by atoms with Crippen molar-refractivity contribution in [1.82, 2.24) is 5.43 Å². The number of nitrogens with zero attached hydrogens (tertiary/aromatic N) is 1. The summed E-state index contributed by atoms with van der Waals surface area (Å²) in [5.74, 6) is 0. The molecule has 0 aromatic rings. The average molecular weight is 251 g/mol. The number of hydrazone groups is 1. The maximum Gasteiger partial charge on any atom is 0.184 e. The van der Waals surface area contributed by atoms with E-state index >= 15 is 0 Å². The molecule has 92 valence electrons. The number of thiocarbonyl (C=S) groups is 1. The quantitative estimate of drug-likeness (QED) is 0.184. The van der Waals surface area contributed by atoms with E-state index in [0.29, 0.717) is 0 Å². The van der Waals surface area contributed by atoms with E-state index < -0.39 is 30.5 Å². The molecule has 0 aromatic heterocycles. The molecule has 0 heterocycles. The molecular formula is C7H13N3O5S. The first kappa shape index (κ1) is 13.2. The SMILES string of the molecule is NC(=S)N/N=C1/[C@@H](O)[C@@H](O)[C@H](O)[C@H](O)[C@H]1O. The minimum Gasteiger partial charge on any atom is -0.387 e. The van der Waals surface area contributed by atoms with Crippen molar-refractivity contribution < 1.29 is 25.5 Å². The normalized spacial score (nSPS) is 42.1. The molecule has 0 unspecified atom stereocenters. The Morgan fingerprint density at radius 1 is 1.06 bits per heavy atom. The van der Waals surface area contributed by atoms with Crippen LogP contribution in [0.25, 0.3) is 0 Å². The summed E-state index contributed by atoms with van der Waals surface area (Å²) >= 11 is 4.45. The molecule has 8 N–H and O–H groups in total. The van der Waals surface area contributed by atoms with Gasteiger partial charge in [-0.3, -0.25) is 5.43 Å². The van der Waals surface area contributed by atoms with Gasteiger partial charge in [-0.05, 0) is 12.2 Å². The fourth-order valence-electron chi connectivity index (χ4n) is 1.35. The van der Waals surface area contributed by atoms with Gasteiger partial charge in [0.15, 0.2) is 5.11 Å². The van der Waals surface area contributed by atoms with Crippen LogP contribution in [0, 0.1) is 0 Å². The molecule has 0 aliphatic heterocycles. The fraction of sp³-hybridized carbons (Fsp3) is 0.714. The minimum atomic E-state index is -1.66. The molecule has 1 saturated carbocycles. The molecule has 0 saturated heterocycles. The second-order valence-electron chi connectivity index (χ2n) is 3.37. The van der Waals surface area contributed by atoms with E-state index in [2.05, 4.69) is 22.7 Å². The van der Waals surface area contributed by atoms with Gasteiger partial charge in [0.25, 0.3) is 0 Å². The Hall–Kier alpha value is -0.840. The summed E-state index contributed by atoms with van der Waals surface area (Å²) in [7, 11) is 0. The standard InChI is InChI=1S/C7H13N3O5S/c8-7(16)10-9-1-2(11)4(13)6(15)5(14)3(1)12/h2-6,11-15H,(H3,8,10,16)/b9-1-/t2-,3+,4-,5-,6+/m1/s1. The van der Waals surface area contributed by atoms with E-state index in [1.165, 1.54) is 0 Å². The van der Waals surface area contributed by atoms with Crippen LogP contribution in [0.4, 0.5) is 0 Å². The predicted octanol–water partition coefficient (Wildman–Crippen LogP) is -4.01. The van der Waals surface area contributed by atoms with Crippen LogP contribution in [-0.2, 0) is 0 Å². The van der Waals surface area contributed by atoms with Gasteiger partial charge in [0.05, 0.1) is 0 Å². The van der Waals surface area contributed by atoms with Gasteiger partial charge in [0.2, 0.25) is 0 Å². The third kappa shape index (κ3) is 2.45. The highest BCUT2D eigenvalue weighted by atomic mass is 32.1. The lowest BCUT2D eigenvalue weighted by Crippen LogP contribution is -2.62. The molecule has 1 fully saturated rings. The van der Waals surface area contributed by atoms with E-state index in [9.17, 15) is 25.5 Å². The molecule has 9 heteroatoms. The van der Waals surface area contributed by atoms with Crippen LogP contribution in [0.1, 0.15) is 0 Å². The molecule has 8 nitrogen and oxygen atoms in total. The maximum atomic E-state index is 9.47. The minimum absolute atomic E-state index is 0.206. The Labute approximate surface area is 96.0 Å². The molecule has 1 aliphatic rings. The number of hydrogen-bond acceptors (Lipinski definition) is 7. The second kappa shape index (κ2) is 4.99. The topological polar surface area (TPSA) is 152 Å². The van der Waals surface area contributed by atoms with Crippen LogP contribution in [0.15, 0.2) is 5.10 Å². The smallest absolute Gasteiger partial charge is 0.184 e. The van der Waals surface area contributed by atoms with Gasteiger partial charge in [-0.15, -0.1) is 0 Å².